The van der Waals surface area contributed by atoms with Gasteiger partial charge in [-0.1, -0.05) is 17.7 Å². The van der Waals surface area contributed by atoms with Crippen LogP contribution in [0.3, 0.4) is 0 Å². The Balaban J connectivity index is 1.51. The molecule has 3 aromatic heterocycles. The van der Waals surface area contributed by atoms with Gasteiger partial charge in [-0.25, -0.2) is 4.98 Å². The molecule has 8 heteroatoms. The molecule has 0 bridgehead atoms. The lowest BCUT2D eigenvalue weighted by Gasteiger charge is -2.04. The molecular weight excluding hydrogens is 336 g/mol. The molecule has 3 aromatic rings. The molecular formula is C15H13ClN4O2S. The summed E-state index contributed by atoms with van der Waals surface area (Å²) in [6.45, 7) is 0.211. The van der Waals surface area contributed by atoms with Crippen molar-refractivity contribution in [2.75, 3.05) is 6.54 Å². The molecule has 0 radical (unpaired) electrons. The number of imidazole rings is 1. The molecule has 0 atom stereocenters. The quantitative estimate of drug-likeness (QED) is 0.741. The molecule has 0 saturated carbocycles. The van der Waals surface area contributed by atoms with E-state index in [0.717, 1.165) is 5.65 Å². The maximum absolute atomic E-state index is 11.8. The van der Waals surface area contributed by atoms with Crippen molar-refractivity contribution in [2.45, 2.75) is 6.54 Å². The second-order valence-corrected chi connectivity index (χ2v) is 6.17. The van der Waals surface area contributed by atoms with E-state index >= 15 is 0 Å². The number of rotatable bonds is 5. The van der Waals surface area contributed by atoms with Crippen LogP contribution in [0.5, 0.6) is 0 Å². The third-order valence-corrected chi connectivity index (χ3v) is 4.18. The first kappa shape index (κ1) is 15.5. The van der Waals surface area contributed by atoms with Gasteiger partial charge in [0.05, 0.1) is 28.7 Å². The number of halogens is 1. The van der Waals surface area contributed by atoms with E-state index in [1.165, 1.54) is 11.3 Å². The predicted octanol–water partition coefficient (Wildman–Crippen LogP) is 2.10. The van der Waals surface area contributed by atoms with Crippen molar-refractivity contribution in [2.24, 2.45) is 0 Å². The Hall–Kier alpha value is -2.38. The topological polar surface area (TPSA) is 75.5 Å². The molecule has 0 aliphatic carbocycles. The Labute approximate surface area is 141 Å². The fourth-order valence-electron chi connectivity index (χ4n) is 2.01. The van der Waals surface area contributed by atoms with Crippen LogP contribution in [0.1, 0.15) is 15.4 Å². The SMILES string of the molecule is O=C(CNC(=O)c1cccs1)NCc1cn2cc(Cl)ccc2n1. The molecule has 0 aromatic carbocycles. The van der Waals surface area contributed by atoms with E-state index in [1.807, 2.05) is 5.38 Å². The average molecular weight is 349 g/mol. The Morgan fingerprint density at radius 3 is 2.87 bits per heavy atom. The van der Waals surface area contributed by atoms with E-state index < -0.39 is 0 Å². The first-order valence-corrected chi connectivity index (χ1v) is 8.09. The summed E-state index contributed by atoms with van der Waals surface area (Å²) in [6.07, 6.45) is 3.54. The smallest absolute Gasteiger partial charge is 0.261 e. The zero-order valence-electron chi connectivity index (χ0n) is 12.0. The number of thiophene rings is 1. The predicted molar refractivity (Wildman–Crippen MR) is 88.7 cm³/mol. The number of nitrogens with one attached hydrogen (secondary N) is 2. The van der Waals surface area contributed by atoms with E-state index in [4.69, 9.17) is 11.6 Å². The van der Waals surface area contributed by atoms with Crippen LogP contribution in [0.2, 0.25) is 5.02 Å². The second-order valence-electron chi connectivity index (χ2n) is 4.78. The van der Waals surface area contributed by atoms with Crippen LogP contribution in [0.4, 0.5) is 0 Å². The first-order chi connectivity index (χ1) is 11.1. The normalized spacial score (nSPS) is 10.7. The first-order valence-electron chi connectivity index (χ1n) is 6.83. The number of fused-ring (bicyclic) bond motifs is 1. The lowest BCUT2D eigenvalue weighted by molar-refractivity contribution is -0.120. The minimum absolute atomic E-state index is 0.0735. The highest BCUT2D eigenvalue weighted by Crippen LogP contribution is 2.11. The Morgan fingerprint density at radius 1 is 1.22 bits per heavy atom. The van der Waals surface area contributed by atoms with Gasteiger partial charge >= 0.3 is 0 Å². The highest BCUT2D eigenvalue weighted by molar-refractivity contribution is 7.12. The van der Waals surface area contributed by atoms with Crippen molar-refractivity contribution in [3.8, 4) is 0 Å². The summed E-state index contributed by atoms with van der Waals surface area (Å²) in [5.41, 5.74) is 1.47. The summed E-state index contributed by atoms with van der Waals surface area (Å²) in [5, 5.41) is 7.71. The van der Waals surface area contributed by atoms with Crippen LogP contribution >= 0.6 is 22.9 Å². The van der Waals surface area contributed by atoms with Gasteiger partial charge in [-0.15, -0.1) is 11.3 Å². The summed E-state index contributed by atoms with van der Waals surface area (Å²) in [6, 6.07) is 7.05. The molecule has 3 rings (SSSR count). The van der Waals surface area contributed by atoms with E-state index in [-0.39, 0.29) is 24.9 Å². The Bertz CT molecular complexity index is 844. The maximum atomic E-state index is 11.8. The highest BCUT2D eigenvalue weighted by atomic mass is 35.5. The van der Waals surface area contributed by atoms with Crippen molar-refractivity contribution in [3.05, 3.63) is 57.6 Å². The van der Waals surface area contributed by atoms with Gasteiger partial charge in [-0.2, -0.15) is 0 Å². The molecule has 0 unspecified atom stereocenters. The fourth-order valence-corrected chi connectivity index (χ4v) is 2.82. The standard InChI is InChI=1S/C15H13ClN4O2S/c16-10-3-4-13-19-11(9-20(13)8-10)6-17-14(21)7-18-15(22)12-2-1-5-23-12/h1-5,8-9H,6-7H2,(H,17,21)(H,18,22). The molecule has 2 amide bonds. The van der Waals surface area contributed by atoms with Crippen LogP contribution in [0.15, 0.2) is 42.0 Å². The Morgan fingerprint density at radius 2 is 2.09 bits per heavy atom. The number of aromatic nitrogens is 2. The number of hydrogen-bond donors (Lipinski definition) is 2. The van der Waals surface area contributed by atoms with Gasteiger partial charge in [0.15, 0.2) is 0 Å². The summed E-state index contributed by atoms with van der Waals surface area (Å²) in [5.74, 6) is -0.525. The fraction of sp³-hybridized carbons (Fsp3) is 0.133. The Kier molecular flexibility index (Phi) is 4.59. The van der Waals surface area contributed by atoms with Crippen LogP contribution < -0.4 is 10.6 Å². The van der Waals surface area contributed by atoms with E-state index in [0.29, 0.717) is 15.6 Å². The maximum Gasteiger partial charge on any atom is 0.261 e. The van der Waals surface area contributed by atoms with E-state index in [2.05, 4.69) is 15.6 Å². The van der Waals surface area contributed by atoms with Crippen molar-refractivity contribution in [1.29, 1.82) is 0 Å². The highest BCUT2D eigenvalue weighted by Gasteiger charge is 2.09. The number of carbonyl (C=O) groups is 2. The second kappa shape index (κ2) is 6.80. The lowest BCUT2D eigenvalue weighted by atomic mass is 10.4. The molecule has 3 heterocycles. The van der Waals surface area contributed by atoms with Crippen molar-refractivity contribution >= 4 is 40.4 Å². The van der Waals surface area contributed by atoms with Gasteiger partial charge in [-0.3, -0.25) is 9.59 Å². The molecule has 0 aliphatic rings. The van der Waals surface area contributed by atoms with Gasteiger partial charge in [0, 0.05) is 12.4 Å². The number of carbonyl (C=O) groups excluding carboxylic acids is 2. The third-order valence-electron chi connectivity index (χ3n) is 3.09. The monoisotopic (exact) mass is 348 g/mol. The van der Waals surface area contributed by atoms with Gasteiger partial charge in [0.1, 0.15) is 5.65 Å². The summed E-state index contributed by atoms with van der Waals surface area (Å²) >= 11 is 7.24. The molecule has 2 N–H and O–H groups in total. The number of hydrogen-bond acceptors (Lipinski definition) is 4. The van der Waals surface area contributed by atoms with Gasteiger partial charge in [-0.05, 0) is 23.6 Å². The summed E-state index contributed by atoms with van der Waals surface area (Å²) in [7, 11) is 0. The van der Waals surface area contributed by atoms with Crippen molar-refractivity contribution < 1.29 is 9.59 Å². The average Bonchev–Trinajstić information content (AvgIpc) is 3.19. The largest absolute Gasteiger partial charge is 0.349 e. The molecule has 118 valence electrons. The van der Waals surface area contributed by atoms with E-state index in [9.17, 15) is 9.59 Å². The lowest BCUT2D eigenvalue weighted by Crippen LogP contribution is -2.36. The van der Waals surface area contributed by atoms with Crippen LogP contribution in [0, 0.1) is 0 Å². The zero-order chi connectivity index (χ0) is 16.2. The molecule has 23 heavy (non-hydrogen) atoms. The van der Waals surface area contributed by atoms with Gasteiger partial charge in [0.2, 0.25) is 5.91 Å². The van der Waals surface area contributed by atoms with Crippen LogP contribution in [-0.2, 0) is 11.3 Å². The third kappa shape index (κ3) is 3.88. The molecule has 6 nitrogen and oxygen atoms in total. The molecule has 0 aliphatic heterocycles. The number of pyridine rings is 1. The van der Waals surface area contributed by atoms with Gasteiger partial charge in [0.25, 0.3) is 5.91 Å². The van der Waals surface area contributed by atoms with Gasteiger partial charge < -0.3 is 15.0 Å². The molecule has 0 saturated heterocycles. The number of amides is 2. The zero-order valence-corrected chi connectivity index (χ0v) is 13.5. The summed E-state index contributed by atoms with van der Waals surface area (Å²) in [4.78, 5) is 28.5. The molecule has 0 spiro atoms. The number of nitrogens with zero attached hydrogens (tertiary/aromatic N) is 2. The van der Waals surface area contributed by atoms with Crippen molar-refractivity contribution in [1.82, 2.24) is 20.0 Å². The molecule has 0 fully saturated rings. The minimum atomic E-state index is -0.273. The van der Waals surface area contributed by atoms with Crippen LogP contribution in [0.25, 0.3) is 5.65 Å². The van der Waals surface area contributed by atoms with Crippen LogP contribution in [-0.4, -0.2) is 27.7 Å². The van der Waals surface area contributed by atoms with Crippen molar-refractivity contribution in [3.63, 3.8) is 0 Å². The minimum Gasteiger partial charge on any atom is -0.349 e. The van der Waals surface area contributed by atoms with E-state index in [1.54, 1.807) is 41.1 Å². The summed E-state index contributed by atoms with van der Waals surface area (Å²) < 4.78 is 1.79.